The maximum absolute atomic E-state index is 11.8. The molecule has 5 heteroatoms. The van der Waals surface area contributed by atoms with Gasteiger partial charge in [-0.3, -0.25) is 9.59 Å². The number of carbonyl (C=O) groups excluding carboxylic acids is 3. The molecule has 0 radical (unpaired) electrons. The summed E-state index contributed by atoms with van der Waals surface area (Å²) in [5, 5.41) is 2.62. The number of ether oxygens (including phenoxy) is 1. The highest BCUT2D eigenvalue weighted by Gasteiger charge is 2.13. The van der Waals surface area contributed by atoms with Crippen LogP contribution in [-0.4, -0.2) is 30.8 Å². The molecule has 1 unspecified atom stereocenters. The summed E-state index contributed by atoms with van der Waals surface area (Å²) in [5.41, 5.74) is 0. The van der Waals surface area contributed by atoms with Crippen LogP contribution >= 0.6 is 0 Å². The van der Waals surface area contributed by atoms with Crippen molar-refractivity contribution in [2.45, 2.75) is 110 Å². The Hall–Kier alpha value is -1.39. The molecule has 1 N–H and O–H groups in total. The van der Waals surface area contributed by atoms with Gasteiger partial charge in [0.05, 0.1) is 6.42 Å². The van der Waals surface area contributed by atoms with Crippen LogP contribution in [0.4, 0.5) is 0 Å². The minimum absolute atomic E-state index is 0.142. The van der Waals surface area contributed by atoms with Gasteiger partial charge in [0.1, 0.15) is 12.4 Å². The van der Waals surface area contributed by atoms with Gasteiger partial charge in [-0.25, -0.2) is 0 Å². The summed E-state index contributed by atoms with van der Waals surface area (Å²) in [6, 6.07) is 0. The molecule has 152 valence electrons. The predicted molar refractivity (Wildman–Crippen MR) is 105 cm³/mol. The average Bonchev–Trinajstić information content (AvgIpc) is 2.59. The van der Waals surface area contributed by atoms with Crippen LogP contribution in [0.2, 0.25) is 0 Å². The fourth-order valence-electron chi connectivity index (χ4n) is 2.86. The van der Waals surface area contributed by atoms with E-state index in [0.29, 0.717) is 19.4 Å². The quantitative estimate of drug-likeness (QED) is 0.216. The second-order valence-corrected chi connectivity index (χ2v) is 7.10. The normalized spacial score (nSPS) is 11.8. The Labute approximate surface area is 159 Å². The van der Waals surface area contributed by atoms with Crippen molar-refractivity contribution in [3.8, 4) is 0 Å². The Morgan fingerprint density at radius 2 is 1.46 bits per heavy atom. The van der Waals surface area contributed by atoms with Gasteiger partial charge >= 0.3 is 5.97 Å². The summed E-state index contributed by atoms with van der Waals surface area (Å²) < 4.78 is 5.25. The van der Waals surface area contributed by atoms with Gasteiger partial charge in [0, 0.05) is 19.4 Å². The first kappa shape index (κ1) is 24.6. The number of amides is 1. The number of unbranched alkanes of at least 4 members (excludes halogenated alkanes) is 10. The van der Waals surface area contributed by atoms with Crippen LogP contribution in [0.25, 0.3) is 0 Å². The molecule has 0 spiro atoms. The summed E-state index contributed by atoms with van der Waals surface area (Å²) in [7, 11) is 0. The Balaban J connectivity index is 3.45. The molecule has 26 heavy (non-hydrogen) atoms. The lowest BCUT2D eigenvalue weighted by Gasteiger charge is -2.13. The standard InChI is InChI=1S/C21H39NO4/c1-3-4-5-6-7-8-9-10-11-12-13-15-21(25)26-19(2)18-20(24)22-16-14-17-23/h17,19H,3-16,18H2,1-2H3,(H,22,24). The molecule has 0 aromatic carbocycles. The number of hydrogen-bond donors (Lipinski definition) is 1. The third kappa shape index (κ3) is 17.4. The van der Waals surface area contributed by atoms with E-state index in [0.717, 1.165) is 19.1 Å². The zero-order valence-corrected chi connectivity index (χ0v) is 16.9. The van der Waals surface area contributed by atoms with Gasteiger partial charge in [-0.2, -0.15) is 0 Å². The number of aldehydes is 1. The van der Waals surface area contributed by atoms with E-state index in [1.807, 2.05) is 0 Å². The Morgan fingerprint density at radius 1 is 0.923 bits per heavy atom. The molecule has 0 aromatic rings. The highest BCUT2D eigenvalue weighted by Crippen LogP contribution is 2.12. The molecular formula is C21H39NO4. The Bertz CT molecular complexity index is 371. The molecule has 0 aliphatic rings. The molecule has 0 rings (SSSR count). The molecule has 0 aromatic heterocycles. The molecular weight excluding hydrogens is 330 g/mol. The van der Waals surface area contributed by atoms with E-state index >= 15 is 0 Å². The third-order valence-corrected chi connectivity index (χ3v) is 4.37. The molecule has 0 aliphatic heterocycles. The van der Waals surface area contributed by atoms with E-state index in [4.69, 9.17) is 4.74 Å². The predicted octanol–water partition coefficient (Wildman–Crippen LogP) is 4.71. The molecule has 1 atom stereocenters. The van der Waals surface area contributed by atoms with E-state index in [-0.39, 0.29) is 18.3 Å². The van der Waals surface area contributed by atoms with Crippen LogP contribution in [-0.2, 0) is 19.1 Å². The first-order valence-electron chi connectivity index (χ1n) is 10.5. The van der Waals surface area contributed by atoms with Crippen molar-refractivity contribution in [3.63, 3.8) is 0 Å². The first-order chi connectivity index (χ1) is 12.6. The molecule has 0 bridgehead atoms. The highest BCUT2D eigenvalue weighted by molar-refractivity contribution is 5.77. The summed E-state index contributed by atoms with van der Waals surface area (Å²) >= 11 is 0. The van der Waals surface area contributed by atoms with Crippen molar-refractivity contribution in [1.82, 2.24) is 5.32 Å². The SMILES string of the molecule is CCCCCCCCCCCCCC(=O)OC(C)CC(=O)NCCC=O. The van der Waals surface area contributed by atoms with Crippen molar-refractivity contribution < 1.29 is 19.1 Å². The molecule has 0 heterocycles. The maximum atomic E-state index is 11.8. The van der Waals surface area contributed by atoms with Gasteiger partial charge in [0.15, 0.2) is 0 Å². The van der Waals surface area contributed by atoms with Gasteiger partial charge in [-0.1, -0.05) is 71.1 Å². The molecule has 0 saturated heterocycles. The number of rotatable bonds is 18. The van der Waals surface area contributed by atoms with Gasteiger partial charge in [0.25, 0.3) is 0 Å². The van der Waals surface area contributed by atoms with Crippen LogP contribution in [0.1, 0.15) is 104 Å². The van der Waals surface area contributed by atoms with Crippen LogP contribution in [0.15, 0.2) is 0 Å². The van der Waals surface area contributed by atoms with E-state index in [1.54, 1.807) is 6.92 Å². The van der Waals surface area contributed by atoms with Gasteiger partial charge < -0.3 is 14.8 Å². The zero-order chi connectivity index (χ0) is 19.5. The highest BCUT2D eigenvalue weighted by atomic mass is 16.5. The maximum Gasteiger partial charge on any atom is 0.306 e. The molecule has 0 fully saturated rings. The van der Waals surface area contributed by atoms with Crippen molar-refractivity contribution in [1.29, 1.82) is 0 Å². The molecule has 1 amide bonds. The smallest absolute Gasteiger partial charge is 0.306 e. The van der Waals surface area contributed by atoms with Gasteiger partial charge in [-0.05, 0) is 13.3 Å². The topological polar surface area (TPSA) is 72.5 Å². The summed E-state index contributed by atoms with van der Waals surface area (Å²) in [5.74, 6) is -0.420. The first-order valence-corrected chi connectivity index (χ1v) is 10.5. The molecule has 0 aliphatic carbocycles. The fourth-order valence-corrected chi connectivity index (χ4v) is 2.86. The molecule has 0 saturated carbocycles. The van der Waals surface area contributed by atoms with Gasteiger partial charge in [-0.15, -0.1) is 0 Å². The lowest BCUT2D eigenvalue weighted by atomic mass is 10.1. The van der Waals surface area contributed by atoms with Crippen LogP contribution in [0.3, 0.4) is 0 Å². The lowest BCUT2D eigenvalue weighted by Crippen LogP contribution is -2.29. The van der Waals surface area contributed by atoms with Crippen LogP contribution in [0, 0.1) is 0 Å². The van der Waals surface area contributed by atoms with Crippen LogP contribution in [0.5, 0.6) is 0 Å². The second kappa shape index (κ2) is 18.4. The Kier molecular flexibility index (Phi) is 17.4. The van der Waals surface area contributed by atoms with Crippen molar-refractivity contribution in [2.75, 3.05) is 6.54 Å². The van der Waals surface area contributed by atoms with E-state index in [9.17, 15) is 14.4 Å². The third-order valence-electron chi connectivity index (χ3n) is 4.37. The second-order valence-electron chi connectivity index (χ2n) is 7.10. The summed E-state index contributed by atoms with van der Waals surface area (Å²) in [6.45, 7) is 4.30. The van der Waals surface area contributed by atoms with Crippen molar-refractivity contribution in [2.24, 2.45) is 0 Å². The minimum Gasteiger partial charge on any atom is -0.462 e. The zero-order valence-electron chi connectivity index (χ0n) is 16.9. The monoisotopic (exact) mass is 369 g/mol. The van der Waals surface area contributed by atoms with Crippen molar-refractivity contribution >= 4 is 18.2 Å². The van der Waals surface area contributed by atoms with E-state index < -0.39 is 6.10 Å². The number of hydrogen-bond acceptors (Lipinski definition) is 4. The van der Waals surface area contributed by atoms with E-state index in [1.165, 1.54) is 57.8 Å². The number of esters is 1. The van der Waals surface area contributed by atoms with Crippen molar-refractivity contribution in [3.05, 3.63) is 0 Å². The summed E-state index contributed by atoms with van der Waals surface area (Å²) in [4.78, 5) is 33.5. The average molecular weight is 370 g/mol. The largest absolute Gasteiger partial charge is 0.462 e. The fraction of sp³-hybridized carbons (Fsp3) is 0.857. The number of nitrogens with one attached hydrogen (secondary N) is 1. The van der Waals surface area contributed by atoms with Crippen LogP contribution < -0.4 is 5.32 Å². The lowest BCUT2D eigenvalue weighted by molar-refractivity contribution is -0.149. The number of carbonyl (C=O) groups is 3. The van der Waals surface area contributed by atoms with E-state index in [2.05, 4.69) is 12.2 Å². The van der Waals surface area contributed by atoms with Gasteiger partial charge in [0.2, 0.25) is 5.91 Å². The summed E-state index contributed by atoms with van der Waals surface area (Å²) in [6.07, 6.45) is 14.9. The molecule has 5 nitrogen and oxygen atoms in total. The Morgan fingerprint density at radius 3 is 2.00 bits per heavy atom. The minimum atomic E-state index is -0.425.